The molecule has 0 aliphatic carbocycles. The summed E-state index contributed by atoms with van der Waals surface area (Å²) in [6.45, 7) is 0. The highest BCUT2D eigenvalue weighted by Gasteiger charge is 2.48. The lowest BCUT2D eigenvalue weighted by Crippen LogP contribution is -2.35. The molecule has 0 spiro atoms. The van der Waals surface area contributed by atoms with Gasteiger partial charge in [0.05, 0.1) is 10.6 Å². The molecule has 9 rings (SSSR count). The van der Waals surface area contributed by atoms with Crippen LogP contribution in [0.4, 0.5) is 0 Å². The van der Waals surface area contributed by atoms with Gasteiger partial charge in [-0.05, 0) is 74.1 Å². The molecule has 4 heteroatoms. The van der Waals surface area contributed by atoms with Gasteiger partial charge in [-0.2, -0.15) is 0 Å². The van der Waals surface area contributed by atoms with Crippen LogP contribution in [0.15, 0.2) is 140 Å². The van der Waals surface area contributed by atoms with Crippen molar-refractivity contribution in [1.82, 2.24) is 0 Å². The van der Waals surface area contributed by atoms with Gasteiger partial charge in [-0.15, -0.1) is 0 Å². The molecule has 7 aromatic rings. The second kappa shape index (κ2) is 8.69. The van der Waals surface area contributed by atoms with Crippen LogP contribution in [0.1, 0.15) is 0 Å². The Morgan fingerprint density at radius 3 is 1.48 bits per heavy atom. The average Bonchev–Trinajstić information content (AvgIpc) is 3.04. The van der Waals surface area contributed by atoms with E-state index in [1.54, 1.807) is 0 Å². The third-order valence-corrected chi connectivity index (χ3v) is 11.7. The molecule has 0 atom stereocenters. The second-order valence-electron chi connectivity index (χ2n) is 10.8. The molecule has 198 valence electrons. The Hall–Kier alpha value is -5.11. The summed E-state index contributed by atoms with van der Waals surface area (Å²) in [7, 11) is -3.42. The molecule has 7 aromatic carbocycles. The summed E-state index contributed by atoms with van der Waals surface area (Å²) in [4.78, 5) is 0. The number of rotatable bonds is 2. The molecule has 0 fully saturated rings. The molecule has 0 saturated heterocycles. The number of hydrogen-bond donors (Lipinski definition) is 0. The van der Waals surface area contributed by atoms with Gasteiger partial charge in [0.1, 0.15) is 28.3 Å². The summed E-state index contributed by atoms with van der Waals surface area (Å²) in [5, 5.41) is 6.07. The molecule has 0 radical (unpaired) electrons. The molecule has 2 heterocycles. The number of ether oxygens (including phenoxy) is 2. The van der Waals surface area contributed by atoms with Crippen molar-refractivity contribution in [2.75, 3.05) is 0 Å². The highest BCUT2D eigenvalue weighted by atomic mass is 31.2. The fourth-order valence-corrected chi connectivity index (χ4v) is 10.0. The van der Waals surface area contributed by atoms with Crippen molar-refractivity contribution in [2.45, 2.75) is 0 Å². The van der Waals surface area contributed by atoms with Gasteiger partial charge in [0.2, 0.25) is 0 Å². The van der Waals surface area contributed by atoms with Crippen LogP contribution >= 0.6 is 7.14 Å². The number of benzene rings is 7. The number of fused-ring (bicyclic) bond motifs is 8. The summed E-state index contributed by atoms with van der Waals surface area (Å²) >= 11 is 0. The Bertz CT molecular complexity index is 2170. The normalized spacial score (nSPS) is 13.9. The quantitative estimate of drug-likeness (QED) is 0.199. The molecular formula is C38H23O3P. The van der Waals surface area contributed by atoms with Crippen molar-refractivity contribution >= 4 is 44.6 Å². The zero-order valence-electron chi connectivity index (χ0n) is 22.5. The van der Waals surface area contributed by atoms with E-state index >= 15 is 4.57 Å². The molecule has 42 heavy (non-hydrogen) atoms. The van der Waals surface area contributed by atoms with Crippen LogP contribution in [0.2, 0.25) is 0 Å². The van der Waals surface area contributed by atoms with Crippen LogP contribution in [0, 0.1) is 0 Å². The van der Waals surface area contributed by atoms with Crippen LogP contribution in [0.5, 0.6) is 23.0 Å². The maximum Gasteiger partial charge on any atom is 0.186 e. The van der Waals surface area contributed by atoms with E-state index in [1.807, 2.05) is 91.0 Å². The lowest BCUT2D eigenvalue weighted by Gasteiger charge is -2.36. The predicted molar refractivity (Wildman–Crippen MR) is 172 cm³/mol. The Kier molecular flexibility index (Phi) is 4.88. The molecule has 0 unspecified atom stereocenters. The number of hydrogen-bond acceptors (Lipinski definition) is 3. The molecule has 0 bridgehead atoms. The lowest BCUT2D eigenvalue weighted by molar-refractivity contribution is 0.463. The Labute approximate surface area is 243 Å². The van der Waals surface area contributed by atoms with E-state index in [0.29, 0.717) is 28.3 Å². The summed E-state index contributed by atoms with van der Waals surface area (Å²) < 4.78 is 29.4. The van der Waals surface area contributed by atoms with E-state index in [0.717, 1.165) is 54.4 Å². The summed E-state index contributed by atoms with van der Waals surface area (Å²) in [6, 6.07) is 47.1. The monoisotopic (exact) mass is 558 g/mol. The Morgan fingerprint density at radius 2 is 0.881 bits per heavy atom. The zero-order chi connectivity index (χ0) is 27.8. The summed E-state index contributed by atoms with van der Waals surface area (Å²) in [5.41, 5.74) is 4.26. The Balaban J connectivity index is 1.34. The van der Waals surface area contributed by atoms with E-state index in [1.165, 1.54) is 0 Å². The van der Waals surface area contributed by atoms with Gasteiger partial charge in [-0.25, -0.2) is 0 Å². The molecule has 2 aliphatic heterocycles. The first-order valence-electron chi connectivity index (χ1n) is 14.0. The minimum absolute atomic E-state index is 0.581. The zero-order valence-corrected chi connectivity index (χ0v) is 23.3. The van der Waals surface area contributed by atoms with Gasteiger partial charge in [0.15, 0.2) is 7.14 Å². The van der Waals surface area contributed by atoms with Crippen LogP contribution in [-0.4, -0.2) is 0 Å². The van der Waals surface area contributed by atoms with Gasteiger partial charge < -0.3 is 14.0 Å². The fourth-order valence-electron chi connectivity index (χ4n) is 6.58. The van der Waals surface area contributed by atoms with Crippen molar-refractivity contribution in [3.05, 3.63) is 140 Å². The first kappa shape index (κ1) is 23.6. The van der Waals surface area contributed by atoms with Crippen molar-refractivity contribution in [1.29, 1.82) is 0 Å². The average molecular weight is 559 g/mol. The molecule has 0 saturated carbocycles. The maximum absolute atomic E-state index is 16.1. The van der Waals surface area contributed by atoms with E-state index in [9.17, 15) is 0 Å². The molecule has 0 amide bonds. The SMILES string of the molecule is O=P12c3c(cc(-c4cccc(-c5ccccc5)c4)cc3Oc3ccc4ccccc4c31)Oc1ccc3ccccc3c12. The molecule has 2 aliphatic rings. The third-order valence-electron chi connectivity index (χ3n) is 8.45. The molecule has 3 nitrogen and oxygen atoms in total. The van der Waals surface area contributed by atoms with Gasteiger partial charge in [0.25, 0.3) is 0 Å². The fraction of sp³-hybridized carbons (Fsp3) is 0. The van der Waals surface area contributed by atoms with Crippen LogP contribution in [0.25, 0.3) is 43.8 Å². The first-order chi connectivity index (χ1) is 20.7. The maximum atomic E-state index is 16.1. The first-order valence-corrected chi connectivity index (χ1v) is 15.7. The van der Waals surface area contributed by atoms with E-state index in [-0.39, 0.29) is 0 Å². The van der Waals surface area contributed by atoms with E-state index < -0.39 is 7.14 Å². The minimum atomic E-state index is -3.42. The molecule has 0 aromatic heterocycles. The van der Waals surface area contributed by atoms with Crippen molar-refractivity contribution in [3.63, 3.8) is 0 Å². The van der Waals surface area contributed by atoms with Crippen LogP contribution < -0.4 is 25.4 Å². The largest absolute Gasteiger partial charge is 0.456 e. The van der Waals surface area contributed by atoms with Crippen LogP contribution in [0.3, 0.4) is 0 Å². The summed E-state index contributed by atoms with van der Waals surface area (Å²) in [5.74, 6) is 2.42. The van der Waals surface area contributed by atoms with Gasteiger partial charge in [0, 0.05) is 0 Å². The summed E-state index contributed by atoms with van der Waals surface area (Å²) in [6.07, 6.45) is 0. The molecule has 0 N–H and O–H groups in total. The van der Waals surface area contributed by atoms with Crippen molar-refractivity contribution in [3.8, 4) is 45.3 Å². The van der Waals surface area contributed by atoms with Crippen LogP contribution in [-0.2, 0) is 4.57 Å². The topological polar surface area (TPSA) is 35.5 Å². The minimum Gasteiger partial charge on any atom is -0.456 e. The highest BCUT2D eigenvalue weighted by molar-refractivity contribution is 7.87. The van der Waals surface area contributed by atoms with Crippen molar-refractivity contribution < 1.29 is 14.0 Å². The van der Waals surface area contributed by atoms with E-state index in [4.69, 9.17) is 9.47 Å². The third kappa shape index (κ3) is 3.26. The Morgan fingerprint density at radius 1 is 0.381 bits per heavy atom. The van der Waals surface area contributed by atoms with Gasteiger partial charge in [-0.1, -0.05) is 109 Å². The van der Waals surface area contributed by atoms with Crippen molar-refractivity contribution in [2.24, 2.45) is 0 Å². The van der Waals surface area contributed by atoms with Gasteiger partial charge >= 0.3 is 0 Å². The van der Waals surface area contributed by atoms with E-state index in [2.05, 4.69) is 48.5 Å². The highest BCUT2D eigenvalue weighted by Crippen LogP contribution is 2.61. The lowest BCUT2D eigenvalue weighted by atomic mass is 9.98. The standard InChI is InChI=1S/C38H23O3P/c39-42-36-30-15-6-4-11-25(30)17-19-32(36)40-34-22-29(28-14-8-13-27(21-28)24-9-2-1-3-10-24)23-35(38(34)42)41-33-20-18-26-12-5-7-16-31(26)37(33)42/h1-23H. The molecular weight excluding hydrogens is 535 g/mol. The van der Waals surface area contributed by atoms with Gasteiger partial charge in [-0.3, -0.25) is 0 Å². The predicted octanol–water partition coefficient (Wildman–Crippen LogP) is 9.18. The second-order valence-corrected chi connectivity index (χ2v) is 13.4. The smallest absolute Gasteiger partial charge is 0.186 e.